The molecule has 7 nitrogen and oxygen atoms in total. The zero-order chi connectivity index (χ0) is 14.0. The van der Waals surface area contributed by atoms with E-state index in [1.807, 2.05) is 0 Å². The first kappa shape index (κ1) is 14.1. The molecular formula is C10H9BrN2O5. The molecule has 8 heteroatoms. The number of benzene rings is 1. The van der Waals surface area contributed by atoms with E-state index in [9.17, 15) is 19.7 Å². The predicted molar refractivity (Wildman–Crippen MR) is 66.8 cm³/mol. The van der Waals surface area contributed by atoms with Crippen LogP contribution in [0.3, 0.4) is 0 Å². The van der Waals surface area contributed by atoms with Crippen LogP contribution in [0.4, 0.5) is 11.4 Å². The lowest BCUT2D eigenvalue weighted by atomic mass is 10.1. The molecule has 0 aliphatic rings. The highest BCUT2D eigenvalue weighted by Crippen LogP contribution is 2.36. The van der Waals surface area contributed by atoms with Gasteiger partial charge in [0, 0.05) is 11.4 Å². The number of halogens is 1. The van der Waals surface area contributed by atoms with Crippen LogP contribution in [-0.4, -0.2) is 21.9 Å². The van der Waals surface area contributed by atoms with Crippen LogP contribution in [0.2, 0.25) is 0 Å². The summed E-state index contributed by atoms with van der Waals surface area (Å²) >= 11 is 3.10. The van der Waals surface area contributed by atoms with E-state index in [-0.39, 0.29) is 5.69 Å². The summed E-state index contributed by atoms with van der Waals surface area (Å²) < 4.78 is 0.370. The smallest absolute Gasteiger partial charge is 0.342 e. The lowest BCUT2D eigenvalue weighted by molar-refractivity contribution is -0.384. The van der Waals surface area contributed by atoms with Crippen molar-refractivity contribution < 1.29 is 19.6 Å². The second-order valence-corrected chi connectivity index (χ2v) is 4.35. The molecule has 0 atom stereocenters. The summed E-state index contributed by atoms with van der Waals surface area (Å²) in [5.41, 5.74) is -0.833. The minimum absolute atomic E-state index is 0.112. The number of amides is 1. The Morgan fingerprint density at radius 2 is 2.06 bits per heavy atom. The number of carboxylic acid groups (broad SMARTS) is 1. The first-order chi connectivity index (χ1) is 8.25. The van der Waals surface area contributed by atoms with Gasteiger partial charge >= 0.3 is 11.7 Å². The molecule has 1 aromatic rings. The largest absolute Gasteiger partial charge is 0.477 e. The summed E-state index contributed by atoms with van der Waals surface area (Å²) in [5, 5.41) is 22.2. The van der Waals surface area contributed by atoms with Gasteiger partial charge in [-0.1, -0.05) is 15.9 Å². The van der Waals surface area contributed by atoms with Crippen molar-refractivity contribution in [2.24, 2.45) is 0 Å². The van der Waals surface area contributed by atoms with Crippen LogP contribution in [0.1, 0.15) is 22.8 Å². The number of hydrogen-bond acceptors (Lipinski definition) is 4. The fourth-order valence-corrected chi connectivity index (χ4v) is 1.84. The first-order valence-electron chi connectivity index (χ1n) is 4.74. The molecule has 0 unspecified atom stereocenters. The number of nitrogens with one attached hydrogen (secondary N) is 1. The van der Waals surface area contributed by atoms with E-state index in [1.54, 1.807) is 0 Å². The van der Waals surface area contributed by atoms with Crippen LogP contribution >= 0.6 is 15.9 Å². The summed E-state index contributed by atoms with van der Waals surface area (Å²) in [4.78, 5) is 32.2. The number of nitrogens with zero attached hydrogens (tertiary/aromatic N) is 1. The summed E-state index contributed by atoms with van der Waals surface area (Å²) in [7, 11) is 0. The Morgan fingerprint density at radius 1 is 1.50 bits per heavy atom. The average Bonchev–Trinajstić information content (AvgIpc) is 2.22. The van der Waals surface area contributed by atoms with Gasteiger partial charge < -0.3 is 10.4 Å². The molecule has 0 radical (unpaired) electrons. The van der Waals surface area contributed by atoms with E-state index < -0.39 is 28.1 Å². The number of anilines is 1. The number of carbonyl (C=O) groups excluding carboxylic acids is 1. The maximum Gasteiger partial charge on any atom is 0.342 e. The third-order valence-electron chi connectivity index (χ3n) is 2.21. The standard InChI is InChI=1S/C10H9BrN2O5/c1-4-7(11)3-6(10(15)16)9(13(17)18)8(4)12-5(2)14/h3H,1-2H3,(H,12,14)(H,15,16). The third kappa shape index (κ3) is 2.65. The van der Waals surface area contributed by atoms with Gasteiger partial charge in [0.25, 0.3) is 0 Å². The minimum Gasteiger partial charge on any atom is -0.477 e. The van der Waals surface area contributed by atoms with Gasteiger partial charge in [0.15, 0.2) is 0 Å². The Morgan fingerprint density at radius 3 is 2.44 bits per heavy atom. The van der Waals surface area contributed by atoms with Gasteiger partial charge in [-0.25, -0.2) is 4.79 Å². The summed E-state index contributed by atoms with van der Waals surface area (Å²) in [5.74, 6) is -1.95. The molecule has 0 aromatic heterocycles. The lowest BCUT2D eigenvalue weighted by Crippen LogP contribution is -2.13. The van der Waals surface area contributed by atoms with Crippen LogP contribution in [0, 0.1) is 17.0 Å². The molecule has 96 valence electrons. The number of carboxylic acids is 1. The summed E-state index contributed by atoms with van der Waals surface area (Å²) in [6.07, 6.45) is 0. The van der Waals surface area contributed by atoms with Crippen molar-refractivity contribution in [2.75, 3.05) is 5.32 Å². The van der Waals surface area contributed by atoms with Crippen molar-refractivity contribution in [1.29, 1.82) is 0 Å². The van der Waals surface area contributed by atoms with E-state index in [4.69, 9.17) is 5.11 Å². The molecule has 18 heavy (non-hydrogen) atoms. The van der Waals surface area contributed by atoms with Gasteiger partial charge in [-0.15, -0.1) is 0 Å². The molecule has 0 spiro atoms. The van der Waals surface area contributed by atoms with Crippen molar-refractivity contribution >= 4 is 39.2 Å². The van der Waals surface area contributed by atoms with Crippen LogP contribution in [-0.2, 0) is 4.79 Å². The van der Waals surface area contributed by atoms with E-state index >= 15 is 0 Å². The van der Waals surface area contributed by atoms with E-state index in [0.717, 1.165) is 6.07 Å². The first-order valence-corrected chi connectivity index (χ1v) is 5.53. The lowest BCUT2D eigenvalue weighted by Gasteiger charge is -2.11. The zero-order valence-corrected chi connectivity index (χ0v) is 11.1. The summed E-state index contributed by atoms with van der Waals surface area (Å²) in [6.45, 7) is 2.72. The number of nitro benzene ring substituents is 1. The molecule has 0 aliphatic heterocycles. The van der Waals surface area contributed by atoms with Crippen molar-refractivity contribution in [3.8, 4) is 0 Å². The van der Waals surface area contributed by atoms with Gasteiger partial charge in [-0.05, 0) is 18.6 Å². The molecule has 2 N–H and O–H groups in total. The van der Waals surface area contributed by atoms with Crippen molar-refractivity contribution in [3.63, 3.8) is 0 Å². The highest BCUT2D eigenvalue weighted by atomic mass is 79.9. The van der Waals surface area contributed by atoms with Crippen LogP contribution in [0.25, 0.3) is 0 Å². The zero-order valence-electron chi connectivity index (χ0n) is 9.48. The number of nitro groups is 1. The number of aromatic carboxylic acids is 1. The molecule has 0 saturated heterocycles. The van der Waals surface area contributed by atoms with E-state index in [2.05, 4.69) is 21.2 Å². The molecular weight excluding hydrogens is 308 g/mol. The Labute approximate surface area is 110 Å². The van der Waals surface area contributed by atoms with Crippen LogP contribution in [0.5, 0.6) is 0 Å². The van der Waals surface area contributed by atoms with Crippen LogP contribution < -0.4 is 5.32 Å². The minimum atomic E-state index is -1.44. The Balaban J connectivity index is 3.68. The predicted octanol–water partition coefficient (Wildman–Crippen LogP) is 2.32. The maximum absolute atomic E-state index is 11.0. The Bertz CT molecular complexity index is 556. The highest BCUT2D eigenvalue weighted by molar-refractivity contribution is 9.10. The second kappa shape index (κ2) is 5.13. The van der Waals surface area contributed by atoms with Crippen molar-refractivity contribution in [1.82, 2.24) is 0 Å². The number of carbonyl (C=O) groups is 2. The quantitative estimate of drug-likeness (QED) is 0.657. The van der Waals surface area contributed by atoms with Crippen LogP contribution in [0.15, 0.2) is 10.5 Å². The topological polar surface area (TPSA) is 110 Å². The second-order valence-electron chi connectivity index (χ2n) is 3.50. The molecule has 1 amide bonds. The number of rotatable bonds is 3. The van der Waals surface area contributed by atoms with Gasteiger partial charge in [0.05, 0.1) is 4.92 Å². The van der Waals surface area contributed by atoms with Gasteiger partial charge in [-0.2, -0.15) is 0 Å². The monoisotopic (exact) mass is 316 g/mol. The van der Waals surface area contributed by atoms with Crippen molar-refractivity contribution in [2.45, 2.75) is 13.8 Å². The molecule has 1 rings (SSSR count). The van der Waals surface area contributed by atoms with E-state index in [0.29, 0.717) is 10.0 Å². The van der Waals surface area contributed by atoms with Gasteiger partial charge in [0.1, 0.15) is 11.3 Å². The Kier molecular flexibility index (Phi) is 4.02. The maximum atomic E-state index is 11.0. The fourth-order valence-electron chi connectivity index (χ4n) is 1.42. The van der Waals surface area contributed by atoms with Gasteiger partial charge in [0.2, 0.25) is 5.91 Å². The summed E-state index contributed by atoms with van der Waals surface area (Å²) in [6, 6.07) is 1.14. The van der Waals surface area contributed by atoms with Crippen molar-refractivity contribution in [3.05, 3.63) is 31.8 Å². The normalized spacial score (nSPS) is 9.94. The van der Waals surface area contributed by atoms with E-state index in [1.165, 1.54) is 13.8 Å². The number of hydrogen-bond donors (Lipinski definition) is 2. The average molecular weight is 317 g/mol. The Hall–Kier alpha value is -1.96. The molecule has 0 bridgehead atoms. The molecule has 0 heterocycles. The third-order valence-corrected chi connectivity index (χ3v) is 3.03. The molecule has 1 aromatic carbocycles. The molecule has 0 saturated carbocycles. The highest BCUT2D eigenvalue weighted by Gasteiger charge is 2.28. The molecule has 0 aliphatic carbocycles. The fraction of sp³-hybridized carbons (Fsp3) is 0.200. The van der Waals surface area contributed by atoms with Gasteiger partial charge in [-0.3, -0.25) is 14.9 Å². The molecule has 0 fully saturated rings. The SMILES string of the molecule is CC(=O)Nc1c(C)c(Br)cc(C(=O)O)c1[N+](=O)[O-].